The number of carboxylic acids is 1. The first-order valence-electron chi connectivity index (χ1n) is 11.0. The number of aromatic nitrogens is 2. The lowest BCUT2D eigenvalue weighted by molar-refractivity contribution is -0.141. The average molecular weight is 455 g/mol. The Hall–Kier alpha value is -4.23. The summed E-state index contributed by atoms with van der Waals surface area (Å²) >= 11 is 0. The number of nitrogens with one attached hydrogen (secondary N) is 3. The smallest absolute Gasteiger partial charge is 0.326 e. The molecule has 34 heavy (non-hydrogen) atoms. The van der Waals surface area contributed by atoms with E-state index in [0.717, 1.165) is 16.7 Å². The van der Waals surface area contributed by atoms with Gasteiger partial charge in [0.1, 0.15) is 6.04 Å². The molecule has 4 rings (SSSR count). The van der Waals surface area contributed by atoms with E-state index < -0.39 is 23.5 Å². The molecule has 7 heteroatoms. The highest BCUT2D eigenvalue weighted by Crippen LogP contribution is 2.36. The summed E-state index contributed by atoms with van der Waals surface area (Å²) in [5.41, 5.74) is 2.71. The molecule has 0 aliphatic rings. The first-order valence-corrected chi connectivity index (χ1v) is 11.0. The van der Waals surface area contributed by atoms with Gasteiger partial charge in [-0.2, -0.15) is 0 Å². The fraction of sp³-hybridized carbons (Fsp3) is 0.148. The monoisotopic (exact) mass is 454 g/mol. The minimum Gasteiger partial charge on any atom is -0.480 e. The topological polar surface area (TPSA) is 107 Å². The molecule has 1 heterocycles. The summed E-state index contributed by atoms with van der Waals surface area (Å²) in [5.74, 6) is -1.53. The van der Waals surface area contributed by atoms with Crippen molar-refractivity contribution < 1.29 is 14.7 Å². The van der Waals surface area contributed by atoms with E-state index >= 15 is 0 Å². The summed E-state index contributed by atoms with van der Waals surface area (Å²) in [6, 6.07) is 28.6. The second-order valence-corrected chi connectivity index (χ2v) is 7.94. The number of rotatable bonds is 10. The number of carbonyl (C=O) groups excluding carboxylic acids is 1. The number of aromatic amines is 1. The molecule has 0 saturated heterocycles. The molecule has 3 aromatic carbocycles. The van der Waals surface area contributed by atoms with Crippen molar-refractivity contribution in [1.82, 2.24) is 20.6 Å². The van der Waals surface area contributed by atoms with Crippen molar-refractivity contribution in [2.75, 3.05) is 6.54 Å². The summed E-state index contributed by atoms with van der Waals surface area (Å²) in [7, 11) is 0. The molecule has 0 aliphatic heterocycles. The van der Waals surface area contributed by atoms with E-state index in [1.165, 1.54) is 6.33 Å². The van der Waals surface area contributed by atoms with E-state index in [1.54, 1.807) is 6.20 Å². The zero-order valence-corrected chi connectivity index (χ0v) is 18.5. The lowest BCUT2D eigenvalue weighted by atomic mass is 9.77. The maximum Gasteiger partial charge on any atom is 0.326 e. The van der Waals surface area contributed by atoms with E-state index in [9.17, 15) is 14.7 Å². The Bertz CT molecular complexity index is 1100. The first kappa shape index (κ1) is 22.9. The molecular formula is C27H26N4O3. The SMILES string of the molecule is O=C(CNC(c1ccccc1)(c1ccccc1)c1ccccc1)N[C@@H](Cc1cnc[nH]1)C(=O)O. The molecule has 4 aromatic rings. The number of carbonyl (C=O) groups is 2. The highest BCUT2D eigenvalue weighted by Gasteiger charge is 2.36. The third-order valence-corrected chi connectivity index (χ3v) is 5.75. The fourth-order valence-electron chi connectivity index (χ4n) is 4.15. The van der Waals surface area contributed by atoms with Crippen LogP contribution in [0.3, 0.4) is 0 Å². The summed E-state index contributed by atoms with van der Waals surface area (Å²) in [5, 5.41) is 15.7. The third kappa shape index (κ3) is 5.05. The molecule has 172 valence electrons. The maximum atomic E-state index is 13.0. The van der Waals surface area contributed by atoms with Crippen LogP contribution in [0.25, 0.3) is 0 Å². The van der Waals surface area contributed by atoms with Crippen LogP contribution in [0.15, 0.2) is 104 Å². The first-order chi connectivity index (χ1) is 16.6. The Morgan fingerprint density at radius 3 is 1.76 bits per heavy atom. The molecule has 0 fully saturated rings. The second kappa shape index (κ2) is 10.6. The molecule has 0 spiro atoms. The molecule has 0 radical (unpaired) electrons. The zero-order chi connectivity index (χ0) is 23.8. The van der Waals surface area contributed by atoms with Crippen LogP contribution < -0.4 is 10.6 Å². The largest absolute Gasteiger partial charge is 0.480 e. The highest BCUT2D eigenvalue weighted by atomic mass is 16.4. The van der Waals surface area contributed by atoms with Gasteiger partial charge in [0.05, 0.1) is 18.4 Å². The summed E-state index contributed by atoms with van der Waals surface area (Å²) in [6.45, 7) is -0.0918. The molecule has 4 N–H and O–H groups in total. The number of aliphatic carboxylic acids is 1. The van der Waals surface area contributed by atoms with Crippen molar-refractivity contribution in [3.8, 4) is 0 Å². The van der Waals surface area contributed by atoms with Crippen LogP contribution in [0, 0.1) is 0 Å². The van der Waals surface area contributed by atoms with Gasteiger partial charge in [-0.1, -0.05) is 91.0 Å². The quantitative estimate of drug-likeness (QED) is 0.276. The van der Waals surface area contributed by atoms with Crippen LogP contribution >= 0.6 is 0 Å². The number of H-pyrrole nitrogens is 1. The van der Waals surface area contributed by atoms with E-state index in [2.05, 4.69) is 20.6 Å². The van der Waals surface area contributed by atoms with Crippen molar-refractivity contribution in [3.05, 3.63) is 126 Å². The van der Waals surface area contributed by atoms with Crippen LogP contribution in [0.4, 0.5) is 0 Å². The second-order valence-electron chi connectivity index (χ2n) is 7.94. The minimum atomic E-state index is -1.11. The Morgan fingerprint density at radius 1 is 0.853 bits per heavy atom. The summed E-state index contributed by atoms with van der Waals surface area (Å²) in [4.78, 5) is 31.5. The van der Waals surface area contributed by atoms with Gasteiger partial charge in [-0.25, -0.2) is 9.78 Å². The van der Waals surface area contributed by atoms with Crippen LogP contribution in [0.5, 0.6) is 0 Å². The van der Waals surface area contributed by atoms with Gasteiger partial charge in [0.15, 0.2) is 0 Å². The number of carboxylic acid groups (broad SMARTS) is 1. The number of imidazole rings is 1. The van der Waals surface area contributed by atoms with Gasteiger partial charge in [-0.3, -0.25) is 10.1 Å². The molecule has 1 aromatic heterocycles. The third-order valence-electron chi connectivity index (χ3n) is 5.75. The average Bonchev–Trinajstić information content (AvgIpc) is 3.39. The Labute approximate surface area is 197 Å². The molecular weight excluding hydrogens is 428 g/mol. The lowest BCUT2D eigenvalue weighted by Gasteiger charge is -2.37. The minimum absolute atomic E-state index is 0.0918. The molecule has 7 nitrogen and oxygen atoms in total. The normalized spacial score (nSPS) is 12.1. The van der Waals surface area contributed by atoms with Gasteiger partial charge in [0, 0.05) is 18.3 Å². The van der Waals surface area contributed by atoms with Crippen LogP contribution in [-0.4, -0.2) is 39.5 Å². The van der Waals surface area contributed by atoms with Gasteiger partial charge in [-0.15, -0.1) is 0 Å². The summed E-state index contributed by atoms with van der Waals surface area (Å²) < 4.78 is 0. The Morgan fingerprint density at radius 2 is 1.35 bits per heavy atom. The molecule has 0 aliphatic carbocycles. The zero-order valence-electron chi connectivity index (χ0n) is 18.5. The van der Waals surface area contributed by atoms with Crippen LogP contribution in [-0.2, 0) is 21.5 Å². The maximum absolute atomic E-state index is 13.0. The van der Waals surface area contributed by atoms with Crippen molar-refractivity contribution >= 4 is 11.9 Å². The predicted molar refractivity (Wildman–Crippen MR) is 129 cm³/mol. The Balaban J connectivity index is 1.65. The Kier molecular flexibility index (Phi) is 7.15. The van der Waals surface area contributed by atoms with Gasteiger partial charge < -0.3 is 15.4 Å². The molecule has 1 amide bonds. The van der Waals surface area contributed by atoms with Crippen molar-refractivity contribution in [2.45, 2.75) is 18.0 Å². The van der Waals surface area contributed by atoms with Gasteiger partial charge in [0.25, 0.3) is 0 Å². The van der Waals surface area contributed by atoms with Gasteiger partial charge in [-0.05, 0) is 16.7 Å². The number of hydrogen-bond donors (Lipinski definition) is 4. The van der Waals surface area contributed by atoms with E-state index in [0.29, 0.717) is 5.69 Å². The molecule has 0 bridgehead atoms. The number of nitrogens with zero attached hydrogens (tertiary/aromatic N) is 1. The summed E-state index contributed by atoms with van der Waals surface area (Å²) in [6.07, 6.45) is 3.14. The van der Waals surface area contributed by atoms with Crippen molar-refractivity contribution in [2.24, 2.45) is 0 Å². The number of hydrogen-bond acceptors (Lipinski definition) is 4. The van der Waals surface area contributed by atoms with E-state index in [1.807, 2.05) is 91.0 Å². The van der Waals surface area contributed by atoms with Gasteiger partial charge >= 0.3 is 5.97 Å². The fourth-order valence-corrected chi connectivity index (χ4v) is 4.15. The lowest BCUT2D eigenvalue weighted by Crippen LogP contribution is -2.51. The standard InChI is InChI=1S/C27H26N4O3/c32-25(31-24(26(33)34)16-23-17-28-19-29-23)18-30-27(20-10-4-1-5-11-20,21-12-6-2-7-13-21)22-14-8-3-9-15-22/h1-15,17,19,24,30H,16,18H2,(H,28,29)(H,31,32)(H,33,34)/t24-/m0/s1. The molecule has 1 atom stereocenters. The van der Waals surface area contributed by atoms with Crippen molar-refractivity contribution in [1.29, 1.82) is 0 Å². The number of amides is 1. The van der Waals surface area contributed by atoms with E-state index in [4.69, 9.17) is 0 Å². The van der Waals surface area contributed by atoms with Crippen LogP contribution in [0.2, 0.25) is 0 Å². The molecule has 0 saturated carbocycles. The predicted octanol–water partition coefficient (Wildman–Crippen LogP) is 3.10. The molecule has 0 unspecified atom stereocenters. The van der Waals surface area contributed by atoms with Gasteiger partial charge in [0.2, 0.25) is 5.91 Å². The number of benzene rings is 3. The highest BCUT2D eigenvalue weighted by molar-refractivity contribution is 5.85. The van der Waals surface area contributed by atoms with E-state index in [-0.39, 0.29) is 13.0 Å². The van der Waals surface area contributed by atoms with Crippen molar-refractivity contribution in [3.63, 3.8) is 0 Å². The van der Waals surface area contributed by atoms with Crippen LogP contribution in [0.1, 0.15) is 22.4 Å².